The van der Waals surface area contributed by atoms with Gasteiger partial charge in [-0.05, 0) is 25.7 Å². The summed E-state index contributed by atoms with van der Waals surface area (Å²) >= 11 is 0. The van der Waals surface area contributed by atoms with Crippen LogP contribution in [0.25, 0.3) is 0 Å². The first-order chi connectivity index (χ1) is 12.3. The van der Waals surface area contributed by atoms with Crippen LogP contribution in [0, 0.1) is 5.92 Å². The molecule has 0 N–H and O–H groups in total. The summed E-state index contributed by atoms with van der Waals surface area (Å²) in [7, 11) is 1.64. The van der Waals surface area contributed by atoms with E-state index in [9.17, 15) is 4.79 Å². The summed E-state index contributed by atoms with van der Waals surface area (Å²) in [6.07, 6.45) is 7.62. The largest absolute Gasteiger partial charge is 0.382 e. The van der Waals surface area contributed by atoms with Crippen molar-refractivity contribution in [2.45, 2.75) is 57.5 Å². The molecule has 0 bridgehead atoms. The molecule has 2 fully saturated rings. The lowest BCUT2D eigenvalue weighted by atomic mass is 9.87. The Morgan fingerprint density at radius 2 is 1.92 bits per heavy atom. The van der Waals surface area contributed by atoms with Crippen molar-refractivity contribution in [1.29, 1.82) is 0 Å². The molecule has 1 saturated heterocycles. The standard InChI is InChI=1S/C18H29N3O4/c1-23-11-12-24-13-16-19-17(20-25-16)14-7-9-21(10-8-14)18(22)15-5-3-2-4-6-15/h14-15H,2-13H2,1H3. The Kier molecular flexibility index (Phi) is 6.81. The number of methoxy groups -OCH3 is 1. The van der Waals surface area contributed by atoms with Crippen LogP contribution in [0.5, 0.6) is 0 Å². The van der Waals surface area contributed by atoms with Gasteiger partial charge in [0.2, 0.25) is 5.91 Å². The first kappa shape index (κ1) is 18.3. The average Bonchev–Trinajstić information content (AvgIpc) is 3.14. The maximum atomic E-state index is 12.6. The number of carbonyl (C=O) groups is 1. The average molecular weight is 351 g/mol. The van der Waals surface area contributed by atoms with Crippen LogP contribution in [0.1, 0.15) is 62.6 Å². The highest BCUT2D eigenvalue weighted by atomic mass is 16.5. The number of rotatable bonds is 7. The van der Waals surface area contributed by atoms with Gasteiger partial charge in [0.25, 0.3) is 5.89 Å². The smallest absolute Gasteiger partial charge is 0.252 e. The Hall–Kier alpha value is -1.47. The summed E-state index contributed by atoms with van der Waals surface area (Å²) < 4.78 is 15.6. The minimum Gasteiger partial charge on any atom is -0.382 e. The van der Waals surface area contributed by atoms with Crippen LogP contribution in [0.2, 0.25) is 0 Å². The van der Waals surface area contributed by atoms with Crippen molar-refractivity contribution in [2.24, 2.45) is 5.92 Å². The minimum absolute atomic E-state index is 0.256. The number of amides is 1. The van der Waals surface area contributed by atoms with E-state index in [-0.39, 0.29) is 11.8 Å². The zero-order chi connectivity index (χ0) is 17.5. The summed E-state index contributed by atoms with van der Waals surface area (Å²) in [5.74, 6) is 2.14. The predicted molar refractivity (Wildman–Crippen MR) is 91.0 cm³/mol. The molecule has 1 saturated carbocycles. The molecule has 140 valence electrons. The first-order valence-electron chi connectivity index (χ1n) is 9.46. The fraction of sp³-hybridized carbons (Fsp3) is 0.833. The fourth-order valence-electron chi connectivity index (χ4n) is 3.76. The molecule has 0 radical (unpaired) electrons. The Bertz CT molecular complexity index is 534. The molecule has 0 unspecified atom stereocenters. The van der Waals surface area contributed by atoms with Crippen molar-refractivity contribution >= 4 is 5.91 Å². The van der Waals surface area contributed by atoms with Crippen LogP contribution in [-0.2, 0) is 20.9 Å². The van der Waals surface area contributed by atoms with E-state index in [2.05, 4.69) is 10.1 Å². The van der Waals surface area contributed by atoms with Crippen molar-refractivity contribution in [3.05, 3.63) is 11.7 Å². The minimum atomic E-state index is 0.256. The monoisotopic (exact) mass is 351 g/mol. The molecule has 0 spiro atoms. The highest BCUT2D eigenvalue weighted by Gasteiger charge is 2.31. The van der Waals surface area contributed by atoms with E-state index >= 15 is 0 Å². The number of hydrogen-bond donors (Lipinski definition) is 0. The number of hydrogen-bond acceptors (Lipinski definition) is 6. The molecule has 7 nitrogen and oxygen atoms in total. The maximum absolute atomic E-state index is 12.6. The van der Waals surface area contributed by atoms with E-state index in [0.29, 0.717) is 31.6 Å². The van der Waals surface area contributed by atoms with Crippen molar-refractivity contribution < 1.29 is 18.8 Å². The van der Waals surface area contributed by atoms with Gasteiger partial charge >= 0.3 is 0 Å². The zero-order valence-corrected chi connectivity index (χ0v) is 15.1. The maximum Gasteiger partial charge on any atom is 0.252 e. The van der Waals surface area contributed by atoms with Crippen LogP contribution in [0.15, 0.2) is 4.52 Å². The van der Waals surface area contributed by atoms with Crippen molar-refractivity contribution in [1.82, 2.24) is 15.0 Å². The molecular formula is C18H29N3O4. The highest BCUT2D eigenvalue weighted by molar-refractivity contribution is 5.79. The second-order valence-electron chi connectivity index (χ2n) is 7.03. The van der Waals surface area contributed by atoms with Crippen LogP contribution in [0.4, 0.5) is 0 Å². The molecule has 25 heavy (non-hydrogen) atoms. The number of likely N-dealkylation sites (tertiary alicyclic amines) is 1. The molecule has 2 heterocycles. The third kappa shape index (κ3) is 5.01. The van der Waals surface area contributed by atoms with Gasteiger partial charge in [0.05, 0.1) is 13.2 Å². The highest BCUT2D eigenvalue weighted by Crippen LogP contribution is 2.30. The second kappa shape index (κ2) is 9.29. The lowest BCUT2D eigenvalue weighted by Crippen LogP contribution is -2.42. The Morgan fingerprint density at radius 1 is 1.16 bits per heavy atom. The van der Waals surface area contributed by atoms with Gasteiger partial charge in [-0.15, -0.1) is 0 Å². The molecule has 1 aromatic rings. The summed E-state index contributed by atoms with van der Waals surface area (Å²) in [5.41, 5.74) is 0. The predicted octanol–water partition coefficient (Wildman–Crippen LogP) is 2.52. The van der Waals surface area contributed by atoms with Gasteiger partial charge in [-0.1, -0.05) is 24.4 Å². The van der Waals surface area contributed by atoms with Crippen LogP contribution in [-0.4, -0.2) is 54.4 Å². The van der Waals surface area contributed by atoms with Gasteiger partial charge in [-0.2, -0.15) is 4.98 Å². The van der Waals surface area contributed by atoms with Gasteiger partial charge in [-0.3, -0.25) is 4.79 Å². The molecule has 1 aliphatic carbocycles. The SMILES string of the molecule is COCCOCc1nc(C2CCN(C(=O)C3CCCCC3)CC2)no1. The van der Waals surface area contributed by atoms with Gasteiger partial charge in [0, 0.05) is 32.0 Å². The van der Waals surface area contributed by atoms with E-state index in [4.69, 9.17) is 14.0 Å². The lowest BCUT2D eigenvalue weighted by molar-refractivity contribution is -0.137. The summed E-state index contributed by atoms with van der Waals surface area (Å²) in [5, 5.41) is 4.10. The third-order valence-electron chi connectivity index (χ3n) is 5.27. The molecule has 0 aromatic carbocycles. The summed E-state index contributed by atoms with van der Waals surface area (Å²) in [6, 6.07) is 0. The van der Waals surface area contributed by atoms with Crippen molar-refractivity contribution in [2.75, 3.05) is 33.4 Å². The van der Waals surface area contributed by atoms with Crippen LogP contribution in [0.3, 0.4) is 0 Å². The molecule has 1 amide bonds. The number of carbonyl (C=O) groups excluding carboxylic acids is 1. The third-order valence-corrected chi connectivity index (χ3v) is 5.27. The summed E-state index contributed by atoms with van der Waals surface area (Å²) in [6.45, 7) is 2.97. The van der Waals surface area contributed by atoms with Crippen molar-refractivity contribution in [3.8, 4) is 0 Å². The van der Waals surface area contributed by atoms with Gasteiger partial charge in [0.15, 0.2) is 5.82 Å². The molecule has 1 aromatic heterocycles. The Balaban J connectivity index is 1.44. The van der Waals surface area contributed by atoms with E-state index in [1.807, 2.05) is 4.90 Å². The summed E-state index contributed by atoms with van der Waals surface area (Å²) in [4.78, 5) is 19.1. The van der Waals surface area contributed by atoms with Gasteiger partial charge < -0.3 is 18.9 Å². The number of ether oxygens (including phenoxy) is 2. The van der Waals surface area contributed by atoms with E-state index in [1.54, 1.807) is 7.11 Å². The number of nitrogens with zero attached hydrogens (tertiary/aromatic N) is 3. The second-order valence-corrected chi connectivity index (χ2v) is 7.03. The lowest BCUT2D eigenvalue weighted by Gasteiger charge is -2.34. The van der Waals surface area contributed by atoms with E-state index in [0.717, 1.165) is 44.6 Å². The topological polar surface area (TPSA) is 77.7 Å². The molecule has 2 aliphatic rings. The van der Waals surface area contributed by atoms with E-state index < -0.39 is 0 Å². The number of aromatic nitrogens is 2. The van der Waals surface area contributed by atoms with Crippen LogP contribution < -0.4 is 0 Å². The van der Waals surface area contributed by atoms with Crippen LogP contribution >= 0.6 is 0 Å². The van der Waals surface area contributed by atoms with Gasteiger partial charge in [-0.25, -0.2) is 0 Å². The zero-order valence-electron chi connectivity index (χ0n) is 15.1. The Morgan fingerprint density at radius 3 is 2.64 bits per heavy atom. The molecule has 3 rings (SSSR count). The fourth-order valence-corrected chi connectivity index (χ4v) is 3.76. The Labute approximate surface area is 149 Å². The normalized spacial score (nSPS) is 20.1. The van der Waals surface area contributed by atoms with Gasteiger partial charge in [0.1, 0.15) is 6.61 Å². The quantitative estimate of drug-likeness (QED) is 0.703. The molecule has 7 heteroatoms. The van der Waals surface area contributed by atoms with Crippen molar-refractivity contribution in [3.63, 3.8) is 0 Å². The molecule has 1 aliphatic heterocycles. The van der Waals surface area contributed by atoms with E-state index in [1.165, 1.54) is 19.3 Å². The number of piperidine rings is 1. The first-order valence-corrected chi connectivity index (χ1v) is 9.46. The molecule has 0 atom stereocenters. The molecular weight excluding hydrogens is 322 g/mol.